The van der Waals surface area contributed by atoms with Crippen molar-refractivity contribution in [3.63, 3.8) is 0 Å². The van der Waals surface area contributed by atoms with Crippen LogP contribution in [0.5, 0.6) is 0 Å². The number of hydrogen-bond acceptors (Lipinski definition) is 6. The second-order valence-corrected chi connectivity index (χ2v) is 8.16. The van der Waals surface area contributed by atoms with Crippen LogP contribution in [0.2, 0.25) is 0 Å². The van der Waals surface area contributed by atoms with Crippen LogP contribution in [0, 0.1) is 11.8 Å². The summed E-state index contributed by atoms with van der Waals surface area (Å²) in [4.78, 5) is 50.3. The van der Waals surface area contributed by atoms with Gasteiger partial charge in [-0.05, 0) is 58.0 Å². The van der Waals surface area contributed by atoms with E-state index in [2.05, 4.69) is 16.0 Å². The molecule has 2 fully saturated rings. The van der Waals surface area contributed by atoms with Gasteiger partial charge in [0.05, 0.1) is 12.5 Å². The van der Waals surface area contributed by atoms with E-state index in [1.165, 1.54) is 6.92 Å². The summed E-state index contributed by atoms with van der Waals surface area (Å²) < 4.78 is 4.95. The Kier molecular flexibility index (Phi) is 10.1. The molecule has 2 heterocycles. The van der Waals surface area contributed by atoms with Crippen molar-refractivity contribution in [1.29, 1.82) is 0 Å². The zero-order valence-corrected chi connectivity index (χ0v) is 18.2. The summed E-state index contributed by atoms with van der Waals surface area (Å²) in [5.41, 5.74) is 0. The zero-order chi connectivity index (χ0) is 21.9. The second kappa shape index (κ2) is 12.5. The lowest BCUT2D eigenvalue weighted by atomic mass is 9.92. The van der Waals surface area contributed by atoms with Crippen molar-refractivity contribution < 1.29 is 23.9 Å². The Bertz CT molecular complexity index is 606. The Morgan fingerprint density at radius 1 is 1.17 bits per heavy atom. The van der Waals surface area contributed by atoms with Crippen molar-refractivity contribution in [3.05, 3.63) is 0 Å². The molecule has 0 bridgehead atoms. The second-order valence-electron chi connectivity index (χ2n) is 8.16. The topological polar surface area (TPSA) is 117 Å². The fourth-order valence-electron chi connectivity index (χ4n) is 4.10. The van der Waals surface area contributed by atoms with Gasteiger partial charge in [-0.2, -0.15) is 0 Å². The van der Waals surface area contributed by atoms with Gasteiger partial charge in [0, 0.05) is 33.0 Å². The summed E-state index contributed by atoms with van der Waals surface area (Å²) in [7, 11) is 0. The average molecular weight is 425 g/mol. The van der Waals surface area contributed by atoms with Crippen molar-refractivity contribution in [2.75, 3.05) is 39.3 Å². The number of amides is 3. The van der Waals surface area contributed by atoms with E-state index in [1.807, 2.05) is 0 Å². The highest BCUT2D eigenvalue weighted by Crippen LogP contribution is 2.21. The number of piperidine rings is 2. The van der Waals surface area contributed by atoms with E-state index in [9.17, 15) is 19.2 Å². The van der Waals surface area contributed by atoms with Crippen LogP contribution in [0.1, 0.15) is 52.4 Å². The Hall–Kier alpha value is -2.16. The first kappa shape index (κ1) is 24.1. The van der Waals surface area contributed by atoms with Crippen molar-refractivity contribution in [1.82, 2.24) is 20.9 Å². The largest absolute Gasteiger partial charge is 0.464 e. The van der Waals surface area contributed by atoms with Crippen LogP contribution in [0.3, 0.4) is 0 Å². The molecule has 2 rings (SSSR count). The van der Waals surface area contributed by atoms with E-state index in [4.69, 9.17) is 4.74 Å². The van der Waals surface area contributed by atoms with Crippen molar-refractivity contribution in [2.45, 2.75) is 58.4 Å². The number of ether oxygens (including phenoxy) is 1. The van der Waals surface area contributed by atoms with Crippen LogP contribution in [0.15, 0.2) is 0 Å². The van der Waals surface area contributed by atoms with Crippen LogP contribution in [0.25, 0.3) is 0 Å². The first-order valence-corrected chi connectivity index (χ1v) is 11.1. The molecule has 0 saturated carbocycles. The molecule has 0 aromatic rings. The molecule has 2 saturated heterocycles. The molecule has 0 aromatic carbocycles. The molecular formula is C21H36N4O5. The molecule has 0 radical (unpaired) electrons. The van der Waals surface area contributed by atoms with Crippen molar-refractivity contribution in [3.8, 4) is 0 Å². The van der Waals surface area contributed by atoms with E-state index in [0.717, 1.165) is 38.8 Å². The number of esters is 1. The highest BCUT2D eigenvalue weighted by Gasteiger charge is 2.30. The molecule has 170 valence electrons. The van der Waals surface area contributed by atoms with Crippen LogP contribution < -0.4 is 16.0 Å². The van der Waals surface area contributed by atoms with Crippen LogP contribution >= 0.6 is 0 Å². The highest BCUT2D eigenvalue weighted by molar-refractivity contribution is 5.85. The summed E-state index contributed by atoms with van der Waals surface area (Å²) in [5, 5.41) is 8.58. The molecule has 0 spiro atoms. The minimum Gasteiger partial charge on any atom is -0.464 e. The minimum absolute atomic E-state index is 0.0303. The number of nitrogens with zero attached hydrogens (tertiary/aromatic N) is 1. The van der Waals surface area contributed by atoms with Crippen molar-refractivity contribution >= 4 is 23.7 Å². The first-order valence-electron chi connectivity index (χ1n) is 11.1. The summed E-state index contributed by atoms with van der Waals surface area (Å²) in [6, 6.07) is -0.919. The molecule has 9 heteroatoms. The van der Waals surface area contributed by atoms with Crippen LogP contribution in [0.4, 0.5) is 0 Å². The minimum atomic E-state index is -0.919. The lowest BCUT2D eigenvalue weighted by Gasteiger charge is -2.33. The predicted molar refractivity (Wildman–Crippen MR) is 111 cm³/mol. The SMILES string of the molecule is CCOC(=O)[C@H](CNC(=O)[C@@H]1CCCN(C(=O)CCC2CCNCC2)C1)NC(C)=O. The zero-order valence-electron chi connectivity index (χ0n) is 18.2. The maximum atomic E-state index is 12.6. The Morgan fingerprint density at radius 2 is 1.90 bits per heavy atom. The monoisotopic (exact) mass is 424 g/mol. The van der Waals surface area contributed by atoms with E-state index >= 15 is 0 Å². The molecule has 3 amide bonds. The summed E-state index contributed by atoms with van der Waals surface area (Å²) in [6.45, 7) is 6.29. The molecule has 0 aromatic heterocycles. The molecule has 0 unspecified atom stereocenters. The number of rotatable bonds is 9. The summed E-state index contributed by atoms with van der Waals surface area (Å²) in [5.74, 6) is -0.731. The Labute approximate surface area is 178 Å². The fourth-order valence-corrected chi connectivity index (χ4v) is 4.10. The van der Waals surface area contributed by atoms with Crippen LogP contribution in [-0.4, -0.2) is 74.0 Å². The fraction of sp³-hybridized carbons (Fsp3) is 0.810. The molecular weight excluding hydrogens is 388 g/mol. The van der Waals surface area contributed by atoms with Gasteiger partial charge in [0.1, 0.15) is 6.04 Å². The number of hydrogen-bond donors (Lipinski definition) is 3. The maximum absolute atomic E-state index is 12.6. The van der Waals surface area contributed by atoms with Gasteiger partial charge in [0.15, 0.2) is 0 Å². The molecule has 30 heavy (non-hydrogen) atoms. The van der Waals surface area contributed by atoms with Crippen molar-refractivity contribution in [2.24, 2.45) is 11.8 Å². The standard InChI is InChI=1S/C21H36N4O5/c1-3-30-21(29)18(24-15(2)26)13-23-20(28)17-5-4-12-25(14-17)19(27)7-6-16-8-10-22-11-9-16/h16-18,22H,3-14H2,1-2H3,(H,23,28)(H,24,26)/t17-,18+/m1/s1. The van der Waals surface area contributed by atoms with Gasteiger partial charge >= 0.3 is 5.97 Å². The third-order valence-corrected chi connectivity index (χ3v) is 5.80. The lowest BCUT2D eigenvalue weighted by Crippen LogP contribution is -2.51. The smallest absolute Gasteiger partial charge is 0.330 e. The maximum Gasteiger partial charge on any atom is 0.330 e. The van der Waals surface area contributed by atoms with Gasteiger partial charge in [-0.3, -0.25) is 14.4 Å². The van der Waals surface area contributed by atoms with Gasteiger partial charge in [0.2, 0.25) is 17.7 Å². The quantitative estimate of drug-likeness (QED) is 0.455. The molecule has 3 N–H and O–H groups in total. The predicted octanol–water partition coefficient (Wildman–Crippen LogP) is 0.189. The summed E-state index contributed by atoms with van der Waals surface area (Å²) >= 11 is 0. The Morgan fingerprint density at radius 3 is 2.57 bits per heavy atom. The molecule has 2 aliphatic rings. The third kappa shape index (κ3) is 7.93. The normalized spacial score (nSPS) is 20.9. The molecule has 2 aliphatic heterocycles. The molecule has 9 nitrogen and oxygen atoms in total. The van der Waals surface area contributed by atoms with Gasteiger partial charge < -0.3 is 25.6 Å². The first-order chi connectivity index (χ1) is 14.4. The number of nitrogens with one attached hydrogen (secondary N) is 3. The number of carbonyl (C=O) groups is 4. The van der Waals surface area contributed by atoms with E-state index in [1.54, 1.807) is 11.8 Å². The number of likely N-dealkylation sites (tertiary alicyclic amines) is 1. The van der Waals surface area contributed by atoms with Gasteiger partial charge in [-0.15, -0.1) is 0 Å². The van der Waals surface area contributed by atoms with Gasteiger partial charge in [0.25, 0.3) is 0 Å². The average Bonchev–Trinajstić information content (AvgIpc) is 2.75. The van der Waals surface area contributed by atoms with E-state index in [-0.39, 0.29) is 36.8 Å². The summed E-state index contributed by atoms with van der Waals surface area (Å²) in [6.07, 6.45) is 5.17. The van der Waals surface area contributed by atoms with E-state index in [0.29, 0.717) is 31.8 Å². The van der Waals surface area contributed by atoms with Crippen LogP contribution in [-0.2, 0) is 23.9 Å². The van der Waals surface area contributed by atoms with E-state index < -0.39 is 12.0 Å². The highest BCUT2D eigenvalue weighted by atomic mass is 16.5. The molecule has 2 atom stereocenters. The van der Waals surface area contributed by atoms with Gasteiger partial charge in [-0.25, -0.2) is 4.79 Å². The Balaban J connectivity index is 1.79. The third-order valence-electron chi connectivity index (χ3n) is 5.80. The number of carbonyl (C=O) groups excluding carboxylic acids is 4. The molecule has 0 aliphatic carbocycles. The van der Waals surface area contributed by atoms with Gasteiger partial charge in [-0.1, -0.05) is 0 Å². The lowest BCUT2D eigenvalue weighted by molar-refractivity contribution is -0.147.